The number of alkyl halides is 3. The quantitative estimate of drug-likeness (QED) is 0.214. The van der Waals surface area contributed by atoms with Gasteiger partial charge in [-0.3, -0.25) is 5.10 Å². The van der Waals surface area contributed by atoms with Gasteiger partial charge >= 0.3 is 12.1 Å². The molecule has 4 aromatic rings. The van der Waals surface area contributed by atoms with Gasteiger partial charge in [-0.25, -0.2) is 14.8 Å². The molecule has 1 aliphatic rings. The van der Waals surface area contributed by atoms with E-state index in [0.717, 1.165) is 29.2 Å². The number of ether oxygens (including phenoxy) is 1. The van der Waals surface area contributed by atoms with Crippen LogP contribution >= 0.6 is 11.8 Å². The second kappa shape index (κ2) is 9.45. The first-order chi connectivity index (χ1) is 17.3. The molecule has 0 spiro atoms. The highest BCUT2D eigenvalue weighted by Crippen LogP contribution is 2.39. The highest BCUT2D eigenvalue weighted by molar-refractivity contribution is 7.98. The van der Waals surface area contributed by atoms with Crippen LogP contribution in [0.15, 0.2) is 47.9 Å². The number of H-pyrrole nitrogens is 1. The number of nitrogens with one attached hydrogen (secondary N) is 1. The lowest BCUT2D eigenvalue weighted by Crippen LogP contribution is -2.32. The van der Waals surface area contributed by atoms with E-state index in [-0.39, 0.29) is 12.1 Å². The lowest BCUT2D eigenvalue weighted by molar-refractivity contribution is -0.136. The summed E-state index contributed by atoms with van der Waals surface area (Å²) in [6.45, 7) is 3.11. The lowest BCUT2D eigenvalue weighted by atomic mass is 9.92. The molecule has 3 heterocycles. The fraction of sp³-hybridized carbons (Fsp3) is 0.280. The Morgan fingerprint density at radius 1 is 1.19 bits per heavy atom. The van der Waals surface area contributed by atoms with E-state index in [1.54, 1.807) is 6.92 Å². The summed E-state index contributed by atoms with van der Waals surface area (Å²) in [5, 5.41) is 7.31. The largest absolute Gasteiger partial charge is 0.462 e. The molecule has 186 valence electrons. The minimum absolute atomic E-state index is 0.0380. The van der Waals surface area contributed by atoms with Crippen LogP contribution in [-0.2, 0) is 23.9 Å². The Morgan fingerprint density at radius 2 is 2.03 bits per heavy atom. The standard InChI is InChI=1S/C25H22F3N5O2S/c1-3-35-23(34)19-11-29-24(36-2)31-22(19)33-9-8-14-4-5-15(10-16(14)13-33)17-6-7-20(25(26,27)28)21-18(17)12-30-32-21/h4-7,10-12H,3,8-9,13H2,1-2H3,(H,30,32). The van der Waals surface area contributed by atoms with Gasteiger partial charge in [0, 0.05) is 24.7 Å². The number of aromatic amines is 1. The minimum atomic E-state index is -4.48. The van der Waals surface area contributed by atoms with Gasteiger partial charge in [0.05, 0.1) is 23.9 Å². The number of carbonyl (C=O) groups is 1. The normalized spacial score (nSPS) is 13.6. The second-order valence-corrected chi connectivity index (χ2v) is 9.06. The van der Waals surface area contributed by atoms with Crippen LogP contribution in [0.4, 0.5) is 19.0 Å². The molecule has 0 saturated heterocycles. The molecular weight excluding hydrogens is 491 g/mol. The molecular formula is C25H22F3N5O2S. The van der Waals surface area contributed by atoms with Crippen molar-refractivity contribution < 1.29 is 22.7 Å². The molecule has 11 heteroatoms. The molecule has 1 aliphatic heterocycles. The number of hydrogen-bond acceptors (Lipinski definition) is 7. The van der Waals surface area contributed by atoms with E-state index in [1.807, 2.05) is 29.4 Å². The molecule has 5 rings (SSSR count). The Balaban J connectivity index is 1.53. The topological polar surface area (TPSA) is 84.0 Å². The molecule has 36 heavy (non-hydrogen) atoms. The highest BCUT2D eigenvalue weighted by Gasteiger charge is 2.34. The maximum absolute atomic E-state index is 13.5. The summed E-state index contributed by atoms with van der Waals surface area (Å²) in [5.41, 5.74) is 3.11. The average molecular weight is 514 g/mol. The predicted molar refractivity (Wildman–Crippen MR) is 131 cm³/mol. The number of esters is 1. The van der Waals surface area contributed by atoms with Gasteiger partial charge in [0.2, 0.25) is 0 Å². The van der Waals surface area contributed by atoms with E-state index >= 15 is 0 Å². The Morgan fingerprint density at radius 3 is 2.78 bits per heavy atom. The summed E-state index contributed by atoms with van der Waals surface area (Å²) >= 11 is 1.38. The number of hydrogen-bond donors (Lipinski definition) is 1. The predicted octanol–water partition coefficient (Wildman–Crippen LogP) is 5.50. The first-order valence-corrected chi connectivity index (χ1v) is 12.5. The SMILES string of the molecule is CCOC(=O)c1cnc(SC)nc1N1CCc2ccc(-c3ccc(C(F)(F)F)c4[nH]ncc34)cc2C1. The molecule has 0 bridgehead atoms. The van der Waals surface area contributed by atoms with Crippen molar-refractivity contribution >= 4 is 34.5 Å². The van der Waals surface area contributed by atoms with E-state index < -0.39 is 17.7 Å². The maximum Gasteiger partial charge on any atom is 0.418 e. The number of aromatic nitrogens is 4. The van der Waals surface area contributed by atoms with E-state index in [9.17, 15) is 18.0 Å². The van der Waals surface area contributed by atoms with Gasteiger partial charge in [0.1, 0.15) is 11.4 Å². The Bertz CT molecular complexity index is 1450. The summed E-state index contributed by atoms with van der Waals surface area (Å²) in [5.74, 6) is 0.0300. The third-order valence-electron chi connectivity index (χ3n) is 6.17. The number of benzene rings is 2. The van der Waals surface area contributed by atoms with E-state index in [0.29, 0.717) is 40.6 Å². The zero-order valence-corrected chi connectivity index (χ0v) is 20.3. The molecule has 2 aromatic carbocycles. The van der Waals surface area contributed by atoms with Crippen molar-refractivity contribution in [3.8, 4) is 11.1 Å². The molecule has 0 fully saturated rings. The third kappa shape index (κ3) is 4.39. The second-order valence-electron chi connectivity index (χ2n) is 8.29. The molecule has 1 N–H and O–H groups in total. The molecule has 0 amide bonds. The van der Waals surface area contributed by atoms with Crippen molar-refractivity contribution in [3.05, 3.63) is 65.0 Å². The molecule has 0 atom stereocenters. The number of nitrogens with zero attached hydrogens (tertiary/aromatic N) is 4. The molecule has 0 unspecified atom stereocenters. The van der Waals surface area contributed by atoms with Crippen molar-refractivity contribution in [2.75, 3.05) is 24.3 Å². The minimum Gasteiger partial charge on any atom is -0.462 e. The summed E-state index contributed by atoms with van der Waals surface area (Å²) in [6.07, 6.45) is 1.02. The number of rotatable bonds is 5. The molecule has 0 aliphatic carbocycles. The van der Waals surface area contributed by atoms with Crippen LogP contribution in [-0.4, -0.2) is 45.5 Å². The van der Waals surface area contributed by atoms with Gasteiger partial charge in [-0.2, -0.15) is 18.3 Å². The van der Waals surface area contributed by atoms with E-state index in [4.69, 9.17) is 4.74 Å². The highest BCUT2D eigenvalue weighted by atomic mass is 32.2. The molecule has 2 aromatic heterocycles. The fourth-order valence-corrected chi connectivity index (χ4v) is 4.81. The van der Waals surface area contributed by atoms with Gasteiger partial charge in [-0.15, -0.1) is 0 Å². The molecule has 0 radical (unpaired) electrons. The van der Waals surface area contributed by atoms with E-state index in [1.165, 1.54) is 30.2 Å². The van der Waals surface area contributed by atoms with Crippen LogP contribution in [0.3, 0.4) is 0 Å². The first kappa shape index (κ1) is 24.1. The van der Waals surface area contributed by atoms with Crippen molar-refractivity contribution in [3.63, 3.8) is 0 Å². The Kier molecular flexibility index (Phi) is 6.33. The zero-order chi connectivity index (χ0) is 25.4. The number of halogens is 3. The van der Waals surface area contributed by atoms with Crippen molar-refractivity contribution in [2.24, 2.45) is 0 Å². The fourth-order valence-electron chi connectivity index (χ4n) is 4.48. The van der Waals surface area contributed by atoms with Crippen molar-refractivity contribution in [1.29, 1.82) is 0 Å². The number of carbonyl (C=O) groups excluding carboxylic acids is 1. The van der Waals surface area contributed by atoms with Gasteiger partial charge in [-0.05, 0) is 54.0 Å². The number of fused-ring (bicyclic) bond motifs is 2. The third-order valence-corrected chi connectivity index (χ3v) is 6.74. The van der Waals surface area contributed by atoms with Crippen LogP contribution < -0.4 is 4.90 Å². The number of anilines is 1. The van der Waals surface area contributed by atoms with Gasteiger partial charge < -0.3 is 9.64 Å². The van der Waals surface area contributed by atoms with Crippen LogP contribution in [0.1, 0.15) is 34.0 Å². The lowest BCUT2D eigenvalue weighted by Gasteiger charge is -2.31. The summed E-state index contributed by atoms with van der Waals surface area (Å²) in [6, 6.07) is 8.47. The van der Waals surface area contributed by atoms with E-state index in [2.05, 4.69) is 20.2 Å². The van der Waals surface area contributed by atoms with Crippen molar-refractivity contribution in [2.45, 2.75) is 31.2 Å². The monoisotopic (exact) mass is 513 g/mol. The Labute approximate surface area is 209 Å². The smallest absolute Gasteiger partial charge is 0.418 e. The van der Waals surface area contributed by atoms with Crippen molar-refractivity contribution in [1.82, 2.24) is 20.2 Å². The first-order valence-electron chi connectivity index (χ1n) is 11.3. The summed E-state index contributed by atoms with van der Waals surface area (Å²) in [4.78, 5) is 23.4. The summed E-state index contributed by atoms with van der Waals surface area (Å²) < 4.78 is 45.6. The van der Waals surface area contributed by atoms with Crippen LogP contribution in [0.5, 0.6) is 0 Å². The van der Waals surface area contributed by atoms with Gasteiger partial charge in [0.25, 0.3) is 0 Å². The van der Waals surface area contributed by atoms with Crippen LogP contribution in [0.25, 0.3) is 22.0 Å². The van der Waals surface area contributed by atoms with Gasteiger partial charge in [-0.1, -0.05) is 30.0 Å². The van der Waals surface area contributed by atoms with Crippen LogP contribution in [0, 0.1) is 0 Å². The molecule has 7 nitrogen and oxygen atoms in total. The number of thioether (sulfide) groups is 1. The van der Waals surface area contributed by atoms with Gasteiger partial charge in [0.15, 0.2) is 5.16 Å². The Hall–Kier alpha value is -3.60. The van der Waals surface area contributed by atoms with Crippen LogP contribution in [0.2, 0.25) is 0 Å². The summed E-state index contributed by atoms with van der Waals surface area (Å²) in [7, 11) is 0. The maximum atomic E-state index is 13.5. The average Bonchev–Trinajstić information content (AvgIpc) is 3.36. The molecule has 0 saturated carbocycles. The zero-order valence-electron chi connectivity index (χ0n) is 19.5.